The van der Waals surface area contributed by atoms with Crippen molar-refractivity contribution in [1.29, 1.82) is 0 Å². The predicted molar refractivity (Wildman–Crippen MR) is 87.1 cm³/mol. The Hall–Kier alpha value is -2.88. The van der Waals surface area contributed by atoms with Gasteiger partial charge < -0.3 is 10.1 Å². The molecule has 2 aromatic rings. The third-order valence-corrected chi connectivity index (χ3v) is 3.11. The van der Waals surface area contributed by atoms with Crippen molar-refractivity contribution in [2.24, 2.45) is 0 Å². The Morgan fingerprint density at radius 2 is 1.73 bits per heavy atom. The first-order valence-electron chi connectivity index (χ1n) is 6.83. The molecule has 2 rings (SSSR count). The highest BCUT2D eigenvalue weighted by molar-refractivity contribution is 6.02. The molecular formula is C18H17NO3. The van der Waals surface area contributed by atoms with Crippen LogP contribution in [0.5, 0.6) is 5.75 Å². The number of hydrogen-bond acceptors (Lipinski definition) is 3. The lowest BCUT2D eigenvalue weighted by Crippen LogP contribution is -2.07. The van der Waals surface area contributed by atoms with Crippen LogP contribution >= 0.6 is 0 Å². The van der Waals surface area contributed by atoms with Crippen LogP contribution in [-0.4, -0.2) is 18.8 Å². The number of carbonyl (C=O) groups excluding carboxylic acids is 2. The zero-order chi connectivity index (χ0) is 15.9. The van der Waals surface area contributed by atoms with Crippen LogP contribution in [0.25, 0.3) is 6.08 Å². The number of hydrogen-bond donors (Lipinski definition) is 1. The third-order valence-electron chi connectivity index (χ3n) is 3.11. The van der Waals surface area contributed by atoms with E-state index in [1.54, 1.807) is 37.5 Å². The van der Waals surface area contributed by atoms with Gasteiger partial charge in [-0.1, -0.05) is 18.2 Å². The summed E-state index contributed by atoms with van der Waals surface area (Å²) < 4.78 is 5.22. The van der Waals surface area contributed by atoms with Gasteiger partial charge in [-0.05, 0) is 43.3 Å². The van der Waals surface area contributed by atoms with Crippen molar-refractivity contribution in [2.75, 3.05) is 12.4 Å². The van der Waals surface area contributed by atoms with Gasteiger partial charge in [-0.2, -0.15) is 0 Å². The van der Waals surface area contributed by atoms with E-state index < -0.39 is 0 Å². The molecule has 0 aromatic heterocycles. The Labute approximate surface area is 129 Å². The fourth-order valence-electron chi connectivity index (χ4n) is 1.94. The van der Waals surface area contributed by atoms with Crippen LogP contribution < -0.4 is 10.1 Å². The Bertz CT molecular complexity index is 703. The first-order valence-corrected chi connectivity index (χ1v) is 6.83. The van der Waals surface area contributed by atoms with Gasteiger partial charge in [0.1, 0.15) is 5.75 Å². The van der Waals surface area contributed by atoms with Crippen molar-refractivity contribution in [3.63, 3.8) is 0 Å². The summed E-state index contributed by atoms with van der Waals surface area (Å²) in [6, 6.07) is 14.2. The van der Waals surface area contributed by atoms with E-state index in [0.717, 1.165) is 5.56 Å². The molecule has 4 heteroatoms. The van der Waals surface area contributed by atoms with Crippen molar-refractivity contribution in [2.45, 2.75) is 6.92 Å². The molecule has 0 saturated carbocycles. The zero-order valence-corrected chi connectivity index (χ0v) is 12.5. The maximum absolute atomic E-state index is 11.9. The van der Waals surface area contributed by atoms with Crippen LogP contribution in [-0.2, 0) is 4.79 Å². The number of Topliss-reactive ketones (excluding diaryl/α,β-unsaturated/α-hetero) is 1. The van der Waals surface area contributed by atoms with Crippen LogP contribution in [0.1, 0.15) is 22.8 Å². The lowest BCUT2D eigenvalue weighted by molar-refractivity contribution is -0.111. The molecular weight excluding hydrogens is 278 g/mol. The summed E-state index contributed by atoms with van der Waals surface area (Å²) in [6.07, 6.45) is 3.13. The smallest absolute Gasteiger partial charge is 0.248 e. The lowest BCUT2D eigenvalue weighted by Gasteiger charge is -2.04. The summed E-state index contributed by atoms with van der Waals surface area (Å²) in [5.41, 5.74) is 2.08. The number of rotatable bonds is 5. The van der Waals surface area contributed by atoms with E-state index in [1.165, 1.54) is 13.0 Å². The van der Waals surface area contributed by atoms with E-state index in [-0.39, 0.29) is 11.7 Å². The SMILES string of the molecule is COc1ccccc1C=CC(=O)Nc1ccc(C(C)=O)cc1. The molecule has 22 heavy (non-hydrogen) atoms. The summed E-state index contributed by atoms with van der Waals surface area (Å²) in [4.78, 5) is 23.1. The molecule has 4 nitrogen and oxygen atoms in total. The first-order chi connectivity index (χ1) is 10.6. The molecule has 0 saturated heterocycles. The number of ketones is 1. The Morgan fingerprint density at radius 1 is 1.05 bits per heavy atom. The Kier molecular flexibility index (Phi) is 5.09. The normalized spacial score (nSPS) is 10.5. The van der Waals surface area contributed by atoms with Crippen molar-refractivity contribution >= 4 is 23.5 Å². The Balaban J connectivity index is 2.03. The molecule has 1 amide bonds. The molecule has 0 unspecified atom stereocenters. The van der Waals surface area contributed by atoms with Gasteiger partial charge in [-0.25, -0.2) is 0 Å². The molecule has 0 atom stereocenters. The molecule has 0 aliphatic carbocycles. The monoisotopic (exact) mass is 295 g/mol. The number of anilines is 1. The predicted octanol–water partition coefficient (Wildman–Crippen LogP) is 3.55. The van der Waals surface area contributed by atoms with Crippen molar-refractivity contribution in [3.05, 3.63) is 65.7 Å². The summed E-state index contributed by atoms with van der Waals surface area (Å²) in [5, 5.41) is 2.74. The van der Waals surface area contributed by atoms with Gasteiger partial charge in [0.05, 0.1) is 7.11 Å². The summed E-state index contributed by atoms with van der Waals surface area (Å²) >= 11 is 0. The van der Waals surface area contributed by atoms with Crippen molar-refractivity contribution in [3.8, 4) is 5.75 Å². The van der Waals surface area contributed by atoms with Gasteiger partial charge in [-0.3, -0.25) is 9.59 Å². The van der Waals surface area contributed by atoms with Crippen LogP contribution in [0, 0.1) is 0 Å². The van der Waals surface area contributed by atoms with Gasteiger partial charge in [0.2, 0.25) is 5.91 Å². The van der Waals surface area contributed by atoms with Crippen LogP contribution in [0.3, 0.4) is 0 Å². The second-order valence-electron chi connectivity index (χ2n) is 4.70. The summed E-state index contributed by atoms with van der Waals surface area (Å²) in [6.45, 7) is 1.50. The maximum atomic E-state index is 11.9. The average Bonchev–Trinajstić information content (AvgIpc) is 2.53. The zero-order valence-electron chi connectivity index (χ0n) is 12.5. The van der Waals surface area contributed by atoms with Crippen molar-refractivity contribution in [1.82, 2.24) is 0 Å². The summed E-state index contributed by atoms with van der Waals surface area (Å²) in [5.74, 6) is 0.452. The van der Waals surface area contributed by atoms with Crippen LogP contribution in [0.15, 0.2) is 54.6 Å². The molecule has 0 heterocycles. The molecule has 1 N–H and O–H groups in total. The fourth-order valence-corrected chi connectivity index (χ4v) is 1.94. The standard InChI is InChI=1S/C18H17NO3/c1-13(20)14-7-10-16(11-8-14)19-18(21)12-9-15-5-3-4-6-17(15)22-2/h3-12H,1-2H3,(H,19,21). The van der Waals surface area contributed by atoms with E-state index in [0.29, 0.717) is 17.0 Å². The molecule has 0 bridgehead atoms. The first kappa shape index (κ1) is 15.5. The largest absolute Gasteiger partial charge is 0.496 e. The molecule has 0 aliphatic heterocycles. The molecule has 0 radical (unpaired) electrons. The van der Waals surface area contributed by atoms with Gasteiger partial charge >= 0.3 is 0 Å². The molecule has 112 valence electrons. The quantitative estimate of drug-likeness (QED) is 0.678. The average molecular weight is 295 g/mol. The van der Waals surface area contributed by atoms with Gasteiger partial charge in [0.25, 0.3) is 0 Å². The summed E-state index contributed by atoms with van der Waals surface area (Å²) in [7, 11) is 1.59. The topological polar surface area (TPSA) is 55.4 Å². The molecule has 0 spiro atoms. The number of carbonyl (C=O) groups is 2. The van der Waals surface area contributed by atoms with Crippen LogP contribution in [0.2, 0.25) is 0 Å². The second kappa shape index (κ2) is 7.22. The number of para-hydroxylation sites is 1. The number of benzene rings is 2. The highest BCUT2D eigenvalue weighted by Crippen LogP contribution is 2.18. The highest BCUT2D eigenvalue weighted by Gasteiger charge is 2.02. The second-order valence-corrected chi connectivity index (χ2v) is 4.70. The minimum absolute atomic E-state index is 0.00561. The highest BCUT2D eigenvalue weighted by atomic mass is 16.5. The van der Waals surface area contributed by atoms with E-state index >= 15 is 0 Å². The molecule has 2 aromatic carbocycles. The van der Waals surface area contributed by atoms with Gasteiger partial charge in [-0.15, -0.1) is 0 Å². The molecule has 0 aliphatic rings. The van der Waals surface area contributed by atoms with Crippen molar-refractivity contribution < 1.29 is 14.3 Å². The van der Waals surface area contributed by atoms with Crippen LogP contribution in [0.4, 0.5) is 5.69 Å². The lowest BCUT2D eigenvalue weighted by atomic mass is 10.1. The maximum Gasteiger partial charge on any atom is 0.248 e. The van der Waals surface area contributed by atoms with E-state index in [9.17, 15) is 9.59 Å². The van der Waals surface area contributed by atoms with Gasteiger partial charge in [0.15, 0.2) is 5.78 Å². The fraction of sp³-hybridized carbons (Fsp3) is 0.111. The van der Waals surface area contributed by atoms with Gasteiger partial charge in [0, 0.05) is 22.9 Å². The number of methoxy groups -OCH3 is 1. The van der Waals surface area contributed by atoms with E-state index in [1.807, 2.05) is 24.3 Å². The number of nitrogens with one attached hydrogen (secondary N) is 1. The minimum atomic E-state index is -0.249. The van der Waals surface area contributed by atoms with E-state index in [4.69, 9.17) is 4.74 Å². The number of ether oxygens (including phenoxy) is 1. The van der Waals surface area contributed by atoms with E-state index in [2.05, 4.69) is 5.32 Å². The number of amides is 1. The Morgan fingerprint density at radius 3 is 2.36 bits per heavy atom. The molecule has 0 fully saturated rings. The third kappa shape index (κ3) is 4.06. The minimum Gasteiger partial charge on any atom is -0.496 e.